The molecule has 1 saturated heterocycles. The van der Waals surface area contributed by atoms with Gasteiger partial charge in [-0.05, 0) is 37.0 Å². The normalized spacial score (nSPS) is 16.0. The molecule has 2 heterocycles. The quantitative estimate of drug-likeness (QED) is 0.632. The molecule has 1 aliphatic heterocycles. The minimum atomic E-state index is -0.232. The summed E-state index contributed by atoms with van der Waals surface area (Å²) in [5.74, 6) is 1.01. The summed E-state index contributed by atoms with van der Waals surface area (Å²) in [7, 11) is 0. The highest BCUT2D eigenvalue weighted by Crippen LogP contribution is 2.22. The van der Waals surface area contributed by atoms with Crippen LogP contribution in [0.4, 0.5) is 9.52 Å². The fourth-order valence-corrected chi connectivity index (χ4v) is 4.51. The first-order chi connectivity index (χ1) is 14.1. The second kappa shape index (κ2) is 10.7. The van der Waals surface area contributed by atoms with E-state index in [0.29, 0.717) is 12.3 Å². The van der Waals surface area contributed by atoms with Gasteiger partial charge in [-0.3, -0.25) is 4.79 Å². The Morgan fingerprint density at radius 3 is 2.69 bits per heavy atom. The highest BCUT2D eigenvalue weighted by molar-refractivity contribution is 7.09. The van der Waals surface area contributed by atoms with Crippen molar-refractivity contribution in [2.24, 2.45) is 5.92 Å². The Kier molecular flexibility index (Phi) is 7.98. The lowest BCUT2D eigenvalue weighted by atomic mass is 9.97. The van der Waals surface area contributed by atoms with Gasteiger partial charge in [-0.25, -0.2) is 9.37 Å². The molecule has 1 amide bonds. The largest absolute Gasteiger partial charge is 0.345 e. The van der Waals surface area contributed by atoms with Crippen LogP contribution in [0, 0.1) is 11.7 Å². The lowest BCUT2D eigenvalue weighted by Crippen LogP contribution is -2.39. The molecule has 0 saturated carbocycles. The molecular weight excluding hydrogens is 387 g/mol. The molecule has 7 heteroatoms. The lowest BCUT2D eigenvalue weighted by Gasteiger charge is -2.25. The van der Waals surface area contributed by atoms with Crippen molar-refractivity contribution in [3.05, 3.63) is 41.5 Å². The molecule has 0 unspecified atom stereocenters. The maximum absolute atomic E-state index is 13.1. The van der Waals surface area contributed by atoms with Gasteiger partial charge in [0.25, 0.3) is 0 Å². The van der Waals surface area contributed by atoms with Crippen molar-refractivity contribution in [1.29, 1.82) is 0 Å². The molecule has 5 nitrogen and oxygen atoms in total. The van der Waals surface area contributed by atoms with E-state index in [9.17, 15) is 9.18 Å². The Labute approximate surface area is 177 Å². The lowest BCUT2D eigenvalue weighted by molar-refractivity contribution is -0.135. The van der Waals surface area contributed by atoms with Gasteiger partial charge in [-0.15, -0.1) is 0 Å². The van der Waals surface area contributed by atoms with E-state index < -0.39 is 0 Å². The van der Waals surface area contributed by atoms with Crippen LogP contribution < -0.4 is 4.90 Å². The zero-order valence-corrected chi connectivity index (χ0v) is 18.3. The number of anilines is 1. The second-order valence-electron chi connectivity index (χ2n) is 7.71. The van der Waals surface area contributed by atoms with Crippen molar-refractivity contribution in [3.63, 3.8) is 0 Å². The van der Waals surface area contributed by atoms with Crippen LogP contribution in [0.1, 0.15) is 57.3 Å². The maximum atomic E-state index is 13.1. The SMILES string of the molecule is CCCC[C@H](CC)C(=O)N1CCCN(c2nc(Cc3ccc(F)cc3)ns2)CC1. The number of amides is 1. The number of halogens is 1. The van der Waals surface area contributed by atoms with Crippen molar-refractivity contribution in [3.8, 4) is 0 Å². The third kappa shape index (κ3) is 5.98. The number of benzene rings is 1. The number of unbranched alkanes of at least 4 members (excludes halogenated alkanes) is 1. The fourth-order valence-electron chi connectivity index (χ4n) is 3.77. The van der Waals surface area contributed by atoms with E-state index >= 15 is 0 Å². The maximum Gasteiger partial charge on any atom is 0.225 e. The number of hydrogen-bond donors (Lipinski definition) is 0. The van der Waals surface area contributed by atoms with E-state index in [1.54, 1.807) is 12.1 Å². The highest BCUT2D eigenvalue weighted by Gasteiger charge is 2.25. The van der Waals surface area contributed by atoms with Gasteiger partial charge in [-0.2, -0.15) is 4.37 Å². The van der Waals surface area contributed by atoms with Crippen molar-refractivity contribution in [1.82, 2.24) is 14.3 Å². The van der Waals surface area contributed by atoms with Crippen molar-refractivity contribution >= 4 is 22.6 Å². The van der Waals surface area contributed by atoms with Crippen LogP contribution >= 0.6 is 11.5 Å². The van der Waals surface area contributed by atoms with Gasteiger partial charge >= 0.3 is 0 Å². The number of hydrogen-bond acceptors (Lipinski definition) is 5. The standard InChI is InChI=1S/C22H31FN4OS/c1-3-5-7-18(4-2)21(28)26-12-6-13-27(15-14-26)22-24-20(25-29-22)16-17-8-10-19(23)11-9-17/h8-11,18H,3-7,12-16H2,1-2H3/t18-/m0/s1. The smallest absolute Gasteiger partial charge is 0.225 e. The van der Waals surface area contributed by atoms with Crippen LogP contribution in [0.15, 0.2) is 24.3 Å². The van der Waals surface area contributed by atoms with E-state index in [1.807, 2.05) is 4.90 Å². The summed E-state index contributed by atoms with van der Waals surface area (Å²) in [4.78, 5) is 21.9. The molecule has 2 aromatic rings. The zero-order valence-electron chi connectivity index (χ0n) is 17.4. The molecule has 0 bridgehead atoms. The molecule has 0 radical (unpaired) electrons. The Balaban J connectivity index is 1.57. The number of carbonyl (C=O) groups is 1. The minimum Gasteiger partial charge on any atom is -0.345 e. The van der Waals surface area contributed by atoms with Crippen LogP contribution in [-0.2, 0) is 11.2 Å². The summed E-state index contributed by atoms with van der Waals surface area (Å²) >= 11 is 1.41. The van der Waals surface area contributed by atoms with Crippen LogP contribution in [-0.4, -0.2) is 46.3 Å². The molecule has 1 aliphatic rings. The summed E-state index contributed by atoms with van der Waals surface area (Å²) in [5.41, 5.74) is 1.00. The van der Waals surface area contributed by atoms with Crippen LogP contribution in [0.3, 0.4) is 0 Å². The Morgan fingerprint density at radius 1 is 1.17 bits per heavy atom. The van der Waals surface area contributed by atoms with Gasteiger partial charge in [0.2, 0.25) is 11.0 Å². The minimum absolute atomic E-state index is 0.158. The van der Waals surface area contributed by atoms with Gasteiger partial charge in [0.1, 0.15) is 11.6 Å². The van der Waals surface area contributed by atoms with Crippen LogP contribution in [0.25, 0.3) is 0 Å². The van der Waals surface area contributed by atoms with E-state index in [-0.39, 0.29) is 11.7 Å². The van der Waals surface area contributed by atoms with Crippen LogP contribution in [0.2, 0.25) is 0 Å². The molecule has 1 aromatic carbocycles. The van der Waals surface area contributed by atoms with Gasteiger partial charge in [-0.1, -0.05) is 38.8 Å². The molecule has 0 spiro atoms. The Bertz CT molecular complexity index is 779. The molecule has 0 aliphatic carbocycles. The highest BCUT2D eigenvalue weighted by atomic mass is 32.1. The van der Waals surface area contributed by atoms with Gasteiger partial charge in [0.15, 0.2) is 0 Å². The predicted molar refractivity (Wildman–Crippen MR) is 116 cm³/mol. The fraction of sp³-hybridized carbons (Fsp3) is 0.591. The average Bonchev–Trinajstić information content (AvgIpc) is 3.05. The van der Waals surface area contributed by atoms with Gasteiger partial charge < -0.3 is 9.80 Å². The third-order valence-corrected chi connectivity index (χ3v) is 6.37. The van der Waals surface area contributed by atoms with Gasteiger partial charge in [0, 0.05) is 50.1 Å². The molecule has 1 atom stereocenters. The topological polar surface area (TPSA) is 49.3 Å². The summed E-state index contributed by atoms with van der Waals surface area (Å²) in [6.07, 6.45) is 5.71. The Hall–Kier alpha value is -2.02. The molecule has 1 aromatic heterocycles. The first-order valence-corrected chi connectivity index (χ1v) is 11.5. The monoisotopic (exact) mass is 418 g/mol. The van der Waals surface area contributed by atoms with Gasteiger partial charge in [0.05, 0.1) is 0 Å². The summed E-state index contributed by atoms with van der Waals surface area (Å²) in [5, 5.41) is 0.912. The summed E-state index contributed by atoms with van der Waals surface area (Å²) in [6, 6.07) is 6.47. The number of rotatable bonds is 8. The molecule has 29 heavy (non-hydrogen) atoms. The molecule has 3 rings (SSSR count). The van der Waals surface area contributed by atoms with Crippen molar-refractivity contribution in [2.75, 3.05) is 31.1 Å². The summed E-state index contributed by atoms with van der Waals surface area (Å²) in [6.45, 7) is 7.54. The zero-order chi connectivity index (χ0) is 20.6. The first-order valence-electron chi connectivity index (χ1n) is 10.7. The average molecular weight is 419 g/mol. The third-order valence-electron chi connectivity index (χ3n) is 5.56. The molecule has 158 valence electrons. The van der Waals surface area contributed by atoms with E-state index in [4.69, 9.17) is 4.98 Å². The Morgan fingerprint density at radius 2 is 1.97 bits per heavy atom. The number of carbonyl (C=O) groups excluding carboxylic acids is 1. The molecular formula is C22H31FN4OS. The van der Waals surface area contributed by atoms with E-state index in [0.717, 1.165) is 74.8 Å². The second-order valence-corrected chi connectivity index (χ2v) is 8.44. The summed E-state index contributed by atoms with van der Waals surface area (Å²) < 4.78 is 17.6. The van der Waals surface area contributed by atoms with Crippen molar-refractivity contribution < 1.29 is 9.18 Å². The molecule has 0 N–H and O–H groups in total. The van der Waals surface area contributed by atoms with Crippen LogP contribution in [0.5, 0.6) is 0 Å². The van der Waals surface area contributed by atoms with Crippen molar-refractivity contribution in [2.45, 2.75) is 52.4 Å². The number of aromatic nitrogens is 2. The predicted octanol–water partition coefficient (Wildman–Crippen LogP) is 4.52. The van der Waals surface area contributed by atoms with E-state index in [2.05, 4.69) is 23.1 Å². The molecule has 1 fully saturated rings. The number of nitrogens with zero attached hydrogens (tertiary/aromatic N) is 4. The van der Waals surface area contributed by atoms with E-state index in [1.165, 1.54) is 23.7 Å². The first kappa shape index (κ1) is 21.7.